The highest BCUT2D eigenvalue weighted by Gasteiger charge is 2.19. The highest BCUT2D eigenvalue weighted by atomic mass is 32.2. The van der Waals surface area contributed by atoms with Crippen molar-refractivity contribution in [3.05, 3.63) is 59.3 Å². The van der Waals surface area contributed by atoms with Crippen LogP contribution in [0.25, 0.3) is 10.9 Å². The van der Waals surface area contributed by atoms with Crippen molar-refractivity contribution in [3.63, 3.8) is 0 Å². The summed E-state index contributed by atoms with van der Waals surface area (Å²) in [6.45, 7) is 0.190. The van der Waals surface area contributed by atoms with Crippen molar-refractivity contribution in [1.82, 2.24) is 9.71 Å². The summed E-state index contributed by atoms with van der Waals surface area (Å²) in [5, 5.41) is 1.03. The van der Waals surface area contributed by atoms with Gasteiger partial charge in [0.05, 0.1) is 12.0 Å². The Kier molecular flexibility index (Phi) is 4.93. The predicted molar refractivity (Wildman–Crippen MR) is 107 cm³/mol. The lowest BCUT2D eigenvalue weighted by atomic mass is 10.1. The maximum absolute atomic E-state index is 12.8. The van der Waals surface area contributed by atoms with Gasteiger partial charge in [-0.15, -0.1) is 0 Å². The third-order valence-corrected chi connectivity index (χ3v) is 6.67. The molecule has 2 aromatic carbocycles. The summed E-state index contributed by atoms with van der Waals surface area (Å²) in [5.74, 6) is 0.673. The van der Waals surface area contributed by atoms with Crippen LogP contribution < -0.4 is 9.46 Å². The van der Waals surface area contributed by atoms with Crippen LogP contribution in [-0.2, 0) is 29.4 Å². The van der Waals surface area contributed by atoms with E-state index < -0.39 is 10.0 Å². The maximum Gasteiger partial charge on any atom is 0.240 e. The van der Waals surface area contributed by atoms with Gasteiger partial charge in [-0.2, -0.15) is 0 Å². The topological polar surface area (TPSA) is 71.2 Å². The molecule has 0 spiro atoms. The van der Waals surface area contributed by atoms with Crippen LogP contribution in [0.2, 0.25) is 0 Å². The first-order chi connectivity index (χ1) is 13.1. The number of aromatic amines is 1. The zero-order valence-corrected chi connectivity index (χ0v) is 16.2. The Labute approximate surface area is 159 Å². The summed E-state index contributed by atoms with van der Waals surface area (Å²) in [7, 11) is -2.03. The van der Waals surface area contributed by atoms with Crippen LogP contribution in [0.3, 0.4) is 0 Å². The van der Waals surface area contributed by atoms with Gasteiger partial charge in [0, 0.05) is 28.7 Å². The first-order valence-corrected chi connectivity index (χ1v) is 10.8. The smallest absolute Gasteiger partial charge is 0.240 e. The molecule has 1 aromatic heterocycles. The highest BCUT2D eigenvalue weighted by Crippen LogP contribution is 2.30. The SMILES string of the molecule is COc1ccccc1CNS(=O)(=O)c1ccc2[nH]c3c(c2c1)CCCCC3. The molecule has 0 fully saturated rings. The molecule has 1 heterocycles. The number of fused-ring (bicyclic) bond motifs is 3. The number of H-pyrrole nitrogens is 1. The van der Waals surface area contributed by atoms with Gasteiger partial charge in [0.2, 0.25) is 10.0 Å². The Morgan fingerprint density at radius 1 is 1.07 bits per heavy atom. The lowest BCUT2D eigenvalue weighted by Gasteiger charge is -2.10. The Hall–Kier alpha value is -2.31. The van der Waals surface area contributed by atoms with Crippen molar-refractivity contribution < 1.29 is 13.2 Å². The molecule has 27 heavy (non-hydrogen) atoms. The Morgan fingerprint density at radius 2 is 1.89 bits per heavy atom. The molecular formula is C21H24N2O3S. The van der Waals surface area contributed by atoms with Crippen molar-refractivity contribution in [2.24, 2.45) is 0 Å². The summed E-state index contributed by atoms with van der Waals surface area (Å²) in [6, 6.07) is 12.8. The quantitative estimate of drug-likeness (QED) is 0.655. The molecule has 3 aromatic rings. The largest absolute Gasteiger partial charge is 0.496 e. The summed E-state index contributed by atoms with van der Waals surface area (Å²) in [6.07, 6.45) is 5.61. The van der Waals surface area contributed by atoms with E-state index in [9.17, 15) is 8.42 Å². The number of benzene rings is 2. The van der Waals surface area contributed by atoms with E-state index in [1.165, 1.54) is 24.1 Å². The van der Waals surface area contributed by atoms with E-state index in [4.69, 9.17) is 4.74 Å². The van der Waals surface area contributed by atoms with Crippen LogP contribution in [0.4, 0.5) is 0 Å². The molecule has 6 heteroatoms. The van der Waals surface area contributed by atoms with Crippen LogP contribution in [-0.4, -0.2) is 20.5 Å². The Morgan fingerprint density at radius 3 is 2.74 bits per heavy atom. The van der Waals surface area contributed by atoms with Crippen LogP contribution in [0.15, 0.2) is 47.4 Å². The molecule has 0 aliphatic heterocycles. The van der Waals surface area contributed by atoms with E-state index in [2.05, 4.69) is 9.71 Å². The first-order valence-electron chi connectivity index (χ1n) is 9.33. The normalized spacial score (nSPS) is 14.7. The molecule has 0 radical (unpaired) electrons. The molecule has 1 aliphatic rings. The fraction of sp³-hybridized carbons (Fsp3) is 0.333. The van der Waals surface area contributed by atoms with Gasteiger partial charge in [-0.3, -0.25) is 0 Å². The predicted octanol–water partition coefficient (Wildman–Crippen LogP) is 3.92. The molecule has 142 valence electrons. The number of sulfonamides is 1. The van der Waals surface area contributed by atoms with Gasteiger partial charge >= 0.3 is 0 Å². The van der Waals surface area contributed by atoms with Crippen molar-refractivity contribution in [2.75, 3.05) is 7.11 Å². The lowest BCUT2D eigenvalue weighted by Crippen LogP contribution is -2.23. The number of para-hydroxylation sites is 1. The third kappa shape index (κ3) is 3.59. The van der Waals surface area contributed by atoms with E-state index in [1.54, 1.807) is 19.2 Å². The first kappa shape index (κ1) is 18.1. The van der Waals surface area contributed by atoms with Gasteiger partial charge in [-0.25, -0.2) is 13.1 Å². The van der Waals surface area contributed by atoms with Gasteiger partial charge in [0.25, 0.3) is 0 Å². The average molecular weight is 385 g/mol. The van der Waals surface area contributed by atoms with Crippen LogP contribution >= 0.6 is 0 Å². The minimum atomic E-state index is -3.61. The zero-order chi connectivity index (χ0) is 18.9. The molecule has 5 nitrogen and oxygen atoms in total. The summed E-state index contributed by atoms with van der Waals surface area (Å²) in [4.78, 5) is 3.78. The number of aryl methyl sites for hydroxylation is 2. The molecule has 0 saturated carbocycles. The third-order valence-electron chi connectivity index (χ3n) is 5.28. The minimum Gasteiger partial charge on any atom is -0.496 e. The summed E-state index contributed by atoms with van der Waals surface area (Å²) < 4.78 is 33.7. The molecule has 0 amide bonds. The molecule has 0 unspecified atom stereocenters. The van der Waals surface area contributed by atoms with E-state index >= 15 is 0 Å². The molecule has 0 atom stereocenters. The maximum atomic E-state index is 12.8. The second kappa shape index (κ2) is 7.37. The molecule has 0 bridgehead atoms. The van der Waals surface area contributed by atoms with E-state index in [0.717, 1.165) is 35.7 Å². The summed E-state index contributed by atoms with van der Waals surface area (Å²) in [5.41, 5.74) is 4.37. The van der Waals surface area contributed by atoms with Crippen molar-refractivity contribution in [3.8, 4) is 5.75 Å². The van der Waals surface area contributed by atoms with E-state index in [0.29, 0.717) is 10.6 Å². The van der Waals surface area contributed by atoms with Gasteiger partial charge in [0.15, 0.2) is 0 Å². The lowest BCUT2D eigenvalue weighted by molar-refractivity contribution is 0.409. The fourth-order valence-corrected chi connectivity index (χ4v) is 4.87. The molecule has 2 N–H and O–H groups in total. The monoisotopic (exact) mass is 384 g/mol. The number of methoxy groups -OCH3 is 1. The fourth-order valence-electron chi connectivity index (χ4n) is 3.83. The highest BCUT2D eigenvalue weighted by molar-refractivity contribution is 7.89. The molecule has 4 rings (SSSR count). The Bertz CT molecular complexity index is 1070. The number of nitrogens with one attached hydrogen (secondary N) is 2. The molecule has 0 saturated heterocycles. The van der Waals surface area contributed by atoms with Crippen molar-refractivity contribution >= 4 is 20.9 Å². The number of rotatable bonds is 5. The second-order valence-electron chi connectivity index (χ2n) is 6.99. The number of aromatic nitrogens is 1. The number of hydrogen-bond donors (Lipinski definition) is 2. The van der Waals surface area contributed by atoms with Crippen LogP contribution in [0.1, 0.15) is 36.1 Å². The average Bonchev–Trinajstić information content (AvgIpc) is 2.86. The van der Waals surface area contributed by atoms with Crippen molar-refractivity contribution in [2.45, 2.75) is 43.5 Å². The Balaban J connectivity index is 1.63. The minimum absolute atomic E-state index is 0.190. The van der Waals surface area contributed by atoms with Gasteiger partial charge in [-0.1, -0.05) is 24.6 Å². The van der Waals surface area contributed by atoms with Crippen molar-refractivity contribution in [1.29, 1.82) is 0 Å². The molecule has 1 aliphatic carbocycles. The standard InChI is InChI=1S/C21H24N2O3S/c1-26-21-10-6-5-7-15(21)14-22-27(24,25)16-11-12-20-18(13-16)17-8-3-2-4-9-19(17)23-20/h5-7,10-13,22-23H,2-4,8-9,14H2,1H3. The van der Waals surface area contributed by atoms with E-state index in [-0.39, 0.29) is 6.54 Å². The summed E-state index contributed by atoms with van der Waals surface area (Å²) >= 11 is 0. The van der Waals surface area contributed by atoms with Gasteiger partial charge in [0.1, 0.15) is 5.75 Å². The van der Waals surface area contributed by atoms with E-state index in [1.807, 2.05) is 30.3 Å². The number of hydrogen-bond acceptors (Lipinski definition) is 3. The van der Waals surface area contributed by atoms with Crippen LogP contribution in [0.5, 0.6) is 5.75 Å². The van der Waals surface area contributed by atoms with Gasteiger partial charge in [-0.05, 0) is 55.5 Å². The number of ether oxygens (including phenoxy) is 1. The molecular weight excluding hydrogens is 360 g/mol. The van der Waals surface area contributed by atoms with Crippen LogP contribution in [0, 0.1) is 0 Å². The zero-order valence-electron chi connectivity index (χ0n) is 15.4. The second-order valence-corrected chi connectivity index (χ2v) is 8.75. The van der Waals surface area contributed by atoms with Gasteiger partial charge < -0.3 is 9.72 Å².